The van der Waals surface area contributed by atoms with Gasteiger partial charge in [-0.05, 0) is 30.5 Å². The molecule has 0 aromatic heterocycles. The Morgan fingerprint density at radius 1 is 0.781 bits per heavy atom. The number of nitrogens with zero attached hydrogens (tertiary/aromatic N) is 2. The Labute approximate surface area is 188 Å². The first-order chi connectivity index (χ1) is 15.6. The predicted octanol–water partition coefficient (Wildman–Crippen LogP) is 2.78. The first-order valence-corrected chi connectivity index (χ1v) is 11.3. The van der Waals surface area contributed by atoms with Crippen LogP contribution in [-0.4, -0.2) is 59.4 Å². The van der Waals surface area contributed by atoms with Gasteiger partial charge in [-0.1, -0.05) is 61.4 Å². The number of hydrogen-bond acceptors (Lipinski definition) is 3. The molecule has 2 aromatic rings. The number of urea groups is 1. The number of carbonyl (C=O) groups excluding carboxylic acids is 3. The van der Waals surface area contributed by atoms with E-state index in [0.717, 1.165) is 18.4 Å². The number of carbonyl (C=O) groups is 3. The monoisotopic (exact) mass is 434 g/mol. The number of piperazine rings is 1. The number of hydrogen-bond donors (Lipinski definition) is 2. The zero-order valence-electron chi connectivity index (χ0n) is 18.3. The maximum Gasteiger partial charge on any atom is 0.315 e. The van der Waals surface area contributed by atoms with Crippen LogP contribution in [0.2, 0.25) is 0 Å². The molecule has 0 spiro atoms. The molecule has 0 bridgehead atoms. The van der Waals surface area contributed by atoms with Gasteiger partial charge in [0.15, 0.2) is 0 Å². The SMILES string of the molecule is O=C(NCc1ccccc1)NC1(C(=O)N2CCN(C(=O)c3ccccc3)CC2)CCCC1. The summed E-state index contributed by atoms with van der Waals surface area (Å²) in [5.41, 5.74) is 0.816. The van der Waals surface area contributed by atoms with E-state index < -0.39 is 5.54 Å². The van der Waals surface area contributed by atoms with Crippen molar-refractivity contribution in [2.24, 2.45) is 0 Å². The third-order valence-corrected chi connectivity index (χ3v) is 6.39. The molecule has 2 aromatic carbocycles. The van der Waals surface area contributed by atoms with Crippen LogP contribution in [0.5, 0.6) is 0 Å². The van der Waals surface area contributed by atoms with Crippen molar-refractivity contribution < 1.29 is 14.4 Å². The average Bonchev–Trinajstić information content (AvgIpc) is 3.32. The maximum absolute atomic E-state index is 13.5. The topological polar surface area (TPSA) is 81.8 Å². The van der Waals surface area contributed by atoms with Crippen LogP contribution in [0.15, 0.2) is 60.7 Å². The fourth-order valence-corrected chi connectivity index (χ4v) is 4.59. The van der Waals surface area contributed by atoms with Crippen molar-refractivity contribution in [3.63, 3.8) is 0 Å². The first kappa shape index (κ1) is 21.9. The van der Waals surface area contributed by atoms with E-state index in [9.17, 15) is 14.4 Å². The molecule has 2 aliphatic rings. The van der Waals surface area contributed by atoms with Crippen molar-refractivity contribution in [1.82, 2.24) is 20.4 Å². The Bertz CT molecular complexity index is 934. The van der Waals surface area contributed by atoms with E-state index in [4.69, 9.17) is 0 Å². The van der Waals surface area contributed by atoms with E-state index >= 15 is 0 Å². The molecule has 0 radical (unpaired) electrons. The van der Waals surface area contributed by atoms with Gasteiger partial charge in [-0.25, -0.2) is 4.79 Å². The molecule has 1 heterocycles. The Morgan fingerprint density at radius 2 is 1.34 bits per heavy atom. The standard InChI is InChI=1S/C25H30N4O3/c30-22(21-11-5-2-6-12-21)28-15-17-29(18-16-28)23(31)25(13-7-8-14-25)27-24(32)26-19-20-9-3-1-4-10-20/h1-6,9-12H,7-8,13-19H2,(H2,26,27,32). The molecule has 4 amide bonds. The van der Waals surface area contributed by atoms with Crippen LogP contribution < -0.4 is 10.6 Å². The molecule has 32 heavy (non-hydrogen) atoms. The maximum atomic E-state index is 13.5. The van der Waals surface area contributed by atoms with E-state index in [1.54, 1.807) is 9.80 Å². The van der Waals surface area contributed by atoms with E-state index in [-0.39, 0.29) is 17.8 Å². The van der Waals surface area contributed by atoms with Crippen LogP contribution in [0, 0.1) is 0 Å². The lowest BCUT2D eigenvalue weighted by Gasteiger charge is -2.40. The van der Waals surface area contributed by atoms with Crippen molar-refractivity contribution in [2.75, 3.05) is 26.2 Å². The molecule has 7 heteroatoms. The summed E-state index contributed by atoms with van der Waals surface area (Å²) in [4.78, 5) is 42.4. The number of rotatable bonds is 5. The second kappa shape index (κ2) is 9.85. The van der Waals surface area contributed by atoms with Crippen molar-refractivity contribution in [3.05, 3.63) is 71.8 Å². The summed E-state index contributed by atoms with van der Waals surface area (Å²) in [6, 6.07) is 18.6. The Morgan fingerprint density at radius 3 is 1.97 bits per heavy atom. The van der Waals surface area contributed by atoms with Gasteiger partial charge < -0.3 is 20.4 Å². The molecule has 1 aliphatic heterocycles. The van der Waals surface area contributed by atoms with Crippen molar-refractivity contribution in [3.8, 4) is 0 Å². The summed E-state index contributed by atoms with van der Waals surface area (Å²) in [7, 11) is 0. The first-order valence-electron chi connectivity index (χ1n) is 11.3. The molecule has 0 atom stereocenters. The fraction of sp³-hybridized carbons (Fsp3) is 0.400. The zero-order chi connectivity index (χ0) is 22.4. The molecule has 2 fully saturated rings. The predicted molar refractivity (Wildman–Crippen MR) is 122 cm³/mol. The molecule has 1 saturated heterocycles. The van der Waals surface area contributed by atoms with Crippen LogP contribution in [-0.2, 0) is 11.3 Å². The highest BCUT2D eigenvalue weighted by atomic mass is 16.2. The van der Waals surface area contributed by atoms with Crippen LogP contribution in [0.1, 0.15) is 41.6 Å². The second-order valence-corrected chi connectivity index (χ2v) is 8.53. The van der Waals surface area contributed by atoms with Gasteiger partial charge in [-0.3, -0.25) is 9.59 Å². The van der Waals surface area contributed by atoms with Gasteiger partial charge >= 0.3 is 6.03 Å². The minimum atomic E-state index is -0.855. The molecule has 168 valence electrons. The number of amides is 4. The summed E-state index contributed by atoms with van der Waals surface area (Å²) in [5.74, 6) is -0.0386. The van der Waals surface area contributed by atoms with Crippen LogP contribution in [0.25, 0.3) is 0 Å². The van der Waals surface area contributed by atoms with E-state index in [2.05, 4.69) is 10.6 Å². The Kier molecular flexibility index (Phi) is 6.73. The highest BCUT2D eigenvalue weighted by Gasteiger charge is 2.45. The van der Waals surface area contributed by atoms with Gasteiger partial charge in [-0.15, -0.1) is 0 Å². The Balaban J connectivity index is 1.34. The minimum absolute atomic E-state index is 0.00769. The summed E-state index contributed by atoms with van der Waals surface area (Å²) in [5, 5.41) is 5.87. The number of nitrogens with one attached hydrogen (secondary N) is 2. The Hall–Kier alpha value is -3.35. The summed E-state index contributed by atoms with van der Waals surface area (Å²) in [6.07, 6.45) is 3.12. The van der Waals surface area contributed by atoms with Gasteiger partial charge in [0.05, 0.1) is 0 Å². The minimum Gasteiger partial charge on any atom is -0.337 e. The zero-order valence-corrected chi connectivity index (χ0v) is 18.3. The van der Waals surface area contributed by atoms with Gasteiger partial charge in [0.25, 0.3) is 5.91 Å². The summed E-state index contributed by atoms with van der Waals surface area (Å²) in [6.45, 7) is 2.36. The molecular weight excluding hydrogens is 404 g/mol. The molecule has 7 nitrogen and oxygen atoms in total. The molecule has 1 aliphatic carbocycles. The summed E-state index contributed by atoms with van der Waals surface area (Å²) >= 11 is 0. The molecule has 2 N–H and O–H groups in total. The second-order valence-electron chi connectivity index (χ2n) is 8.53. The van der Waals surface area contributed by atoms with Gasteiger partial charge in [0.2, 0.25) is 5.91 Å². The molecule has 0 unspecified atom stereocenters. The largest absolute Gasteiger partial charge is 0.337 e. The van der Waals surface area contributed by atoms with E-state index in [1.807, 2.05) is 60.7 Å². The van der Waals surface area contributed by atoms with Gasteiger partial charge in [0, 0.05) is 38.3 Å². The lowest BCUT2D eigenvalue weighted by atomic mass is 9.95. The van der Waals surface area contributed by atoms with Crippen molar-refractivity contribution in [2.45, 2.75) is 37.8 Å². The number of benzene rings is 2. The molecule has 4 rings (SSSR count). The third kappa shape index (κ3) is 4.93. The van der Waals surface area contributed by atoms with Crippen LogP contribution >= 0.6 is 0 Å². The van der Waals surface area contributed by atoms with E-state index in [0.29, 0.717) is 51.1 Å². The average molecular weight is 435 g/mol. The lowest BCUT2D eigenvalue weighted by molar-refractivity contribution is -0.139. The van der Waals surface area contributed by atoms with Crippen molar-refractivity contribution >= 4 is 17.8 Å². The van der Waals surface area contributed by atoms with Gasteiger partial charge in [0.1, 0.15) is 5.54 Å². The fourth-order valence-electron chi connectivity index (χ4n) is 4.59. The lowest BCUT2D eigenvalue weighted by Crippen LogP contribution is -2.62. The summed E-state index contributed by atoms with van der Waals surface area (Å²) < 4.78 is 0. The highest BCUT2D eigenvalue weighted by Crippen LogP contribution is 2.32. The molecular formula is C25H30N4O3. The smallest absolute Gasteiger partial charge is 0.315 e. The highest BCUT2D eigenvalue weighted by molar-refractivity contribution is 5.95. The third-order valence-electron chi connectivity index (χ3n) is 6.39. The normalized spacial score (nSPS) is 17.6. The molecule has 1 saturated carbocycles. The van der Waals surface area contributed by atoms with Crippen LogP contribution in [0.4, 0.5) is 4.79 Å². The van der Waals surface area contributed by atoms with Gasteiger partial charge in [-0.2, -0.15) is 0 Å². The van der Waals surface area contributed by atoms with Crippen molar-refractivity contribution in [1.29, 1.82) is 0 Å². The van der Waals surface area contributed by atoms with Crippen LogP contribution in [0.3, 0.4) is 0 Å². The quantitative estimate of drug-likeness (QED) is 0.759. The van der Waals surface area contributed by atoms with E-state index in [1.165, 1.54) is 0 Å².